The van der Waals surface area contributed by atoms with Gasteiger partial charge in [0.05, 0.1) is 0 Å². The molecule has 0 unspecified atom stereocenters. The second-order valence-corrected chi connectivity index (χ2v) is 5.74. The standard InChI is InChI=1S/C13H25N/c1-11(2)12-6-5-8-13(12)7-3-4-9-14-10-13/h11-12,14H,3-10H2,1-2H3/t12-,13-/m1/s1. The minimum Gasteiger partial charge on any atom is -0.316 e. The van der Waals surface area contributed by atoms with Gasteiger partial charge in [0.2, 0.25) is 0 Å². The van der Waals surface area contributed by atoms with E-state index in [-0.39, 0.29) is 0 Å². The van der Waals surface area contributed by atoms with Gasteiger partial charge in [0.15, 0.2) is 0 Å². The third-order valence-electron chi connectivity index (χ3n) is 4.54. The molecule has 14 heavy (non-hydrogen) atoms. The van der Waals surface area contributed by atoms with Gasteiger partial charge in [-0.15, -0.1) is 0 Å². The van der Waals surface area contributed by atoms with Crippen molar-refractivity contribution in [3.8, 4) is 0 Å². The molecule has 0 radical (unpaired) electrons. The van der Waals surface area contributed by atoms with Crippen molar-refractivity contribution in [2.45, 2.75) is 52.4 Å². The molecule has 1 heteroatoms. The maximum absolute atomic E-state index is 3.66. The summed E-state index contributed by atoms with van der Waals surface area (Å²) < 4.78 is 0. The maximum atomic E-state index is 3.66. The molecule has 2 atom stereocenters. The fourth-order valence-corrected chi connectivity index (χ4v) is 3.89. The minimum absolute atomic E-state index is 0.685. The minimum atomic E-state index is 0.685. The second-order valence-electron chi connectivity index (χ2n) is 5.74. The predicted octanol–water partition coefficient (Wildman–Crippen LogP) is 3.20. The van der Waals surface area contributed by atoms with Crippen LogP contribution in [0.5, 0.6) is 0 Å². The smallest absolute Gasteiger partial charge is 0.00106 e. The third-order valence-corrected chi connectivity index (χ3v) is 4.54. The van der Waals surface area contributed by atoms with Crippen LogP contribution >= 0.6 is 0 Å². The number of rotatable bonds is 1. The SMILES string of the molecule is CC(C)[C@H]1CCC[C@@]12CCCCNC2. The van der Waals surface area contributed by atoms with Gasteiger partial charge in [-0.05, 0) is 49.5 Å². The third kappa shape index (κ3) is 1.84. The summed E-state index contributed by atoms with van der Waals surface area (Å²) in [5.41, 5.74) is 0.685. The van der Waals surface area contributed by atoms with Crippen LogP contribution in [0.1, 0.15) is 52.4 Å². The van der Waals surface area contributed by atoms with E-state index in [1.165, 1.54) is 51.6 Å². The van der Waals surface area contributed by atoms with Gasteiger partial charge in [-0.25, -0.2) is 0 Å². The van der Waals surface area contributed by atoms with Gasteiger partial charge in [-0.2, -0.15) is 0 Å². The van der Waals surface area contributed by atoms with Gasteiger partial charge >= 0.3 is 0 Å². The highest BCUT2D eigenvalue weighted by atomic mass is 14.9. The number of hydrogen-bond donors (Lipinski definition) is 1. The Kier molecular flexibility index (Phi) is 3.16. The van der Waals surface area contributed by atoms with Crippen LogP contribution in [0.3, 0.4) is 0 Å². The van der Waals surface area contributed by atoms with E-state index in [4.69, 9.17) is 0 Å². The van der Waals surface area contributed by atoms with E-state index in [0.717, 1.165) is 11.8 Å². The normalized spacial score (nSPS) is 39.2. The number of hydrogen-bond acceptors (Lipinski definition) is 1. The van der Waals surface area contributed by atoms with Gasteiger partial charge in [0.1, 0.15) is 0 Å². The van der Waals surface area contributed by atoms with Crippen molar-refractivity contribution >= 4 is 0 Å². The highest BCUT2D eigenvalue weighted by Crippen LogP contribution is 2.50. The van der Waals surface area contributed by atoms with E-state index in [1.54, 1.807) is 0 Å². The van der Waals surface area contributed by atoms with Crippen molar-refractivity contribution < 1.29 is 0 Å². The zero-order valence-electron chi connectivity index (χ0n) is 9.81. The molecule has 1 aliphatic carbocycles. The molecule has 2 rings (SSSR count). The Bertz CT molecular complexity index is 178. The summed E-state index contributed by atoms with van der Waals surface area (Å²) in [5.74, 6) is 1.88. The summed E-state index contributed by atoms with van der Waals surface area (Å²) in [6.45, 7) is 7.40. The Labute approximate surface area is 88.7 Å². The monoisotopic (exact) mass is 195 g/mol. The molecule has 82 valence electrons. The molecular formula is C13H25N. The summed E-state index contributed by atoms with van der Waals surface area (Å²) in [4.78, 5) is 0. The highest BCUT2D eigenvalue weighted by Gasteiger charge is 2.43. The lowest BCUT2D eigenvalue weighted by Gasteiger charge is -2.37. The lowest BCUT2D eigenvalue weighted by atomic mass is 9.70. The molecule has 1 heterocycles. The van der Waals surface area contributed by atoms with Crippen molar-refractivity contribution in [3.63, 3.8) is 0 Å². The van der Waals surface area contributed by atoms with Crippen molar-refractivity contribution in [2.75, 3.05) is 13.1 Å². The van der Waals surface area contributed by atoms with E-state index in [0.29, 0.717) is 5.41 Å². The van der Waals surface area contributed by atoms with Gasteiger partial charge in [0.25, 0.3) is 0 Å². The highest BCUT2D eigenvalue weighted by molar-refractivity contribution is 4.95. The molecule has 1 saturated heterocycles. The molecule has 1 aliphatic heterocycles. The van der Waals surface area contributed by atoms with Crippen LogP contribution in [0.4, 0.5) is 0 Å². The summed E-state index contributed by atoms with van der Waals surface area (Å²) in [7, 11) is 0. The Morgan fingerprint density at radius 1 is 1.14 bits per heavy atom. The van der Waals surface area contributed by atoms with Crippen LogP contribution in [-0.2, 0) is 0 Å². The van der Waals surface area contributed by atoms with Gasteiger partial charge in [0, 0.05) is 6.54 Å². The molecule has 2 aliphatic rings. The van der Waals surface area contributed by atoms with Gasteiger partial charge in [-0.3, -0.25) is 0 Å². The van der Waals surface area contributed by atoms with Crippen molar-refractivity contribution in [1.29, 1.82) is 0 Å². The zero-order chi connectivity index (χ0) is 10.0. The molecule has 0 bridgehead atoms. The lowest BCUT2D eigenvalue weighted by Crippen LogP contribution is -2.37. The van der Waals surface area contributed by atoms with Crippen molar-refractivity contribution in [3.05, 3.63) is 0 Å². The quantitative estimate of drug-likeness (QED) is 0.677. The van der Waals surface area contributed by atoms with E-state index in [1.807, 2.05) is 0 Å². The van der Waals surface area contributed by atoms with Crippen molar-refractivity contribution in [2.24, 2.45) is 17.3 Å². The average molecular weight is 195 g/mol. The van der Waals surface area contributed by atoms with E-state index < -0.39 is 0 Å². The first-order chi connectivity index (χ1) is 6.75. The molecule has 2 fully saturated rings. The molecule has 1 nitrogen and oxygen atoms in total. The van der Waals surface area contributed by atoms with E-state index >= 15 is 0 Å². The summed E-state index contributed by atoms with van der Waals surface area (Å²) in [5, 5.41) is 3.66. The maximum Gasteiger partial charge on any atom is 0.00106 e. The molecule has 1 saturated carbocycles. The molecule has 0 amide bonds. The molecule has 1 spiro atoms. The molecule has 1 N–H and O–H groups in total. The van der Waals surface area contributed by atoms with Crippen LogP contribution in [-0.4, -0.2) is 13.1 Å². The largest absolute Gasteiger partial charge is 0.316 e. The van der Waals surface area contributed by atoms with Gasteiger partial charge in [-0.1, -0.05) is 26.7 Å². The lowest BCUT2D eigenvalue weighted by molar-refractivity contribution is 0.140. The van der Waals surface area contributed by atoms with E-state index in [9.17, 15) is 0 Å². The topological polar surface area (TPSA) is 12.0 Å². The van der Waals surface area contributed by atoms with Crippen LogP contribution in [0.2, 0.25) is 0 Å². The number of nitrogens with one attached hydrogen (secondary N) is 1. The predicted molar refractivity (Wildman–Crippen MR) is 61.3 cm³/mol. The van der Waals surface area contributed by atoms with Crippen LogP contribution in [0.15, 0.2) is 0 Å². The molecular weight excluding hydrogens is 170 g/mol. The summed E-state index contributed by atoms with van der Waals surface area (Å²) in [6.07, 6.45) is 8.79. The molecule has 0 aromatic carbocycles. The fraction of sp³-hybridized carbons (Fsp3) is 1.00. The Hall–Kier alpha value is -0.0400. The Morgan fingerprint density at radius 3 is 2.71 bits per heavy atom. The Balaban J connectivity index is 2.10. The molecule has 0 aromatic heterocycles. The van der Waals surface area contributed by atoms with E-state index in [2.05, 4.69) is 19.2 Å². The van der Waals surface area contributed by atoms with Gasteiger partial charge < -0.3 is 5.32 Å². The summed E-state index contributed by atoms with van der Waals surface area (Å²) in [6, 6.07) is 0. The van der Waals surface area contributed by atoms with Crippen LogP contribution in [0.25, 0.3) is 0 Å². The van der Waals surface area contributed by atoms with Crippen molar-refractivity contribution in [1.82, 2.24) is 5.32 Å². The first kappa shape index (κ1) is 10.5. The first-order valence-corrected chi connectivity index (χ1v) is 6.45. The molecule has 0 aromatic rings. The Morgan fingerprint density at radius 2 is 1.93 bits per heavy atom. The second kappa shape index (κ2) is 4.22. The average Bonchev–Trinajstić information content (AvgIpc) is 2.39. The van der Waals surface area contributed by atoms with Crippen LogP contribution in [0, 0.1) is 17.3 Å². The fourth-order valence-electron chi connectivity index (χ4n) is 3.89. The summed E-state index contributed by atoms with van der Waals surface area (Å²) >= 11 is 0. The zero-order valence-corrected chi connectivity index (χ0v) is 9.81. The van der Waals surface area contributed by atoms with Crippen LogP contribution < -0.4 is 5.32 Å². The first-order valence-electron chi connectivity index (χ1n) is 6.45.